The summed E-state index contributed by atoms with van der Waals surface area (Å²) in [7, 11) is 1.84. The van der Waals surface area contributed by atoms with Crippen LogP contribution >= 0.6 is 11.3 Å². The Morgan fingerprint density at radius 2 is 2.21 bits per heavy atom. The molecule has 0 spiro atoms. The van der Waals surface area contributed by atoms with Crippen LogP contribution in [0.3, 0.4) is 0 Å². The molecule has 24 heavy (non-hydrogen) atoms. The summed E-state index contributed by atoms with van der Waals surface area (Å²) in [5.74, 6) is -0.855. The van der Waals surface area contributed by atoms with Gasteiger partial charge in [0.05, 0.1) is 24.4 Å². The summed E-state index contributed by atoms with van der Waals surface area (Å²) in [6.45, 7) is 2.50. The minimum atomic E-state index is -0.475. The predicted octanol–water partition coefficient (Wildman–Crippen LogP) is 3.64. The minimum Gasteiger partial charge on any atom is -0.462 e. The molecule has 3 rings (SSSR count). The molecular weight excluding hydrogens is 329 g/mol. The molecule has 0 bridgehead atoms. The summed E-state index contributed by atoms with van der Waals surface area (Å²) in [6, 6.07) is 4.34. The number of hydrogen-bond donors (Lipinski definition) is 0. The fourth-order valence-electron chi connectivity index (χ4n) is 2.53. The van der Waals surface area contributed by atoms with Crippen LogP contribution in [0.1, 0.15) is 22.3 Å². The number of ether oxygens (including phenoxy) is 1. The van der Waals surface area contributed by atoms with E-state index in [-0.39, 0.29) is 12.4 Å². The third kappa shape index (κ3) is 3.21. The Hall–Kier alpha value is -2.54. The molecule has 7 heteroatoms. The first-order valence-electron chi connectivity index (χ1n) is 7.45. The second-order valence-electron chi connectivity index (χ2n) is 5.18. The number of anilines is 1. The third-order valence-corrected chi connectivity index (χ3v) is 4.30. The molecule has 0 saturated carbocycles. The standard InChI is InChI=1S/C17H16FN3O2S/c1-3-23-17(22)13-9-20-14-5-4-11(18)8-12(14)16(13)21(2)10-15-19-6-7-24-15/h4-9H,3,10H2,1-2H3. The van der Waals surface area contributed by atoms with Crippen molar-refractivity contribution in [2.24, 2.45) is 0 Å². The van der Waals surface area contributed by atoms with Gasteiger partial charge in [0.15, 0.2) is 0 Å². The molecule has 0 aliphatic heterocycles. The molecule has 2 heterocycles. The first-order chi connectivity index (χ1) is 11.6. The fourth-order valence-corrected chi connectivity index (χ4v) is 3.20. The van der Waals surface area contributed by atoms with Crippen molar-refractivity contribution in [3.8, 4) is 0 Å². The lowest BCUT2D eigenvalue weighted by Gasteiger charge is -2.22. The Morgan fingerprint density at radius 1 is 1.38 bits per heavy atom. The molecule has 0 fully saturated rings. The Morgan fingerprint density at radius 3 is 2.92 bits per heavy atom. The van der Waals surface area contributed by atoms with Gasteiger partial charge in [0.1, 0.15) is 16.4 Å². The molecule has 0 radical (unpaired) electrons. The van der Waals surface area contributed by atoms with Crippen molar-refractivity contribution in [3.05, 3.63) is 52.4 Å². The molecule has 3 aromatic rings. The van der Waals surface area contributed by atoms with Gasteiger partial charge >= 0.3 is 5.97 Å². The molecule has 2 aromatic heterocycles. The molecule has 1 aromatic carbocycles. The van der Waals surface area contributed by atoms with Crippen molar-refractivity contribution in [2.75, 3.05) is 18.6 Å². The lowest BCUT2D eigenvalue weighted by atomic mass is 10.1. The van der Waals surface area contributed by atoms with Crippen LogP contribution in [0.2, 0.25) is 0 Å². The number of rotatable bonds is 5. The zero-order chi connectivity index (χ0) is 17.1. The lowest BCUT2D eigenvalue weighted by molar-refractivity contribution is 0.0527. The highest BCUT2D eigenvalue weighted by Crippen LogP contribution is 2.31. The summed E-state index contributed by atoms with van der Waals surface area (Å²) in [5.41, 5.74) is 1.52. The number of esters is 1. The highest BCUT2D eigenvalue weighted by molar-refractivity contribution is 7.09. The van der Waals surface area contributed by atoms with Crippen LogP contribution in [0.15, 0.2) is 36.0 Å². The van der Waals surface area contributed by atoms with E-state index in [9.17, 15) is 9.18 Å². The molecule has 0 saturated heterocycles. The number of fused-ring (bicyclic) bond motifs is 1. The van der Waals surface area contributed by atoms with E-state index in [4.69, 9.17) is 4.74 Å². The number of nitrogens with zero attached hydrogens (tertiary/aromatic N) is 3. The number of aromatic nitrogens is 2. The van der Waals surface area contributed by atoms with Crippen LogP contribution in [0.5, 0.6) is 0 Å². The molecule has 0 atom stereocenters. The lowest BCUT2D eigenvalue weighted by Crippen LogP contribution is -2.21. The summed E-state index contributed by atoms with van der Waals surface area (Å²) < 4.78 is 18.9. The number of benzene rings is 1. The van der Waals surface area contributed by atoms with E-state index in [1.54, 1.807) is 19.2 Å². The number of pyridine rings is 1. The van der Waals surface area contributed by atoms with Crippen LogP contribution in [0.25, 0.3) is 10.9 Å². The number of halogens is 1. The van der Waals surface area contributed by atoms with Crippen molar-refractivity contribution >= 4 is 33.9 Å². The average Bonchev–Trinajstić information content (AvgIpc) is 3.06. The Bertz CT molecular complexity index is 868. The Kier molecular flexibility index (Phi) is 4.71. The molecule has 0 aliphatic rings. The van der Waals surface area contributed by atoms with E-state index < -0.39 is 5.97 Å². The van der Waals surface area contributed by atoms with Gasteiger partial charge in [-0.05, 0) is 25.1 Å². The topological polar surface area (TPSA) is 55.3 Å². The van der Waals surface area contributed by atoms with Crippen LogP contribution < -0.4 is 4.90 Å². The molecule has 0 unspecified atom stereocenters. The fraction of sp³-hybridized carbons (Fsp3) is 0.235. The predicted molar refractivity (Wildman–Crippen MR) is 91.9 cm³/mol. The van der Waals surface area contributed by atoms with Gasteiger partial charge in [-0.2, -0.15) is 0 Å². The highest BCUT2D eigenvalue weighted by atomic mass is 32.1. The Labute approximate surface area is 142 Å². The number of hydrogen-bond acceptors (Lipinski definition) is 6. The second kappa shape index (κ2) is 6.92. The van der Waals surface area contributed by atoms with E-state index >= 15 is 0 Å². The van der Waals surface area contributed by atoms with Crippen molar-refractivity contribution in [3.63, 3.8) is 0 Å². The zero-order valence-corrected chi connectivity index (χ0v) is 14.1. The maximum Gasteiger partial charge on any atom is 0.341 e. The van der Waals surface area contributed by atoms with Gasteiger partial charge in [-0.3, -0.25) is 4.98 Å². The highest BCUT2D eigenvalue weighted by Gasteiger charge is 2.20. The number of thiazole rings is 1. The second-order valence-corrected chi connectivity index (χ2v) is 6.16. The molecule has 0 aliphatic carbocycles. The maximum atomic E-state index is 13.8. The molecule has 124 valence electrons. The van der Waals surface area contributed by atoms with Crippen molar-refractivity contribution in [1.29, 1.82) is 0 Å². The first-order valence-corrected chi connectivity index (χ1v) is 8.33. The van der Waals surface area contributed by atoms with Gasteiger partial charge < -0.3 is 9.64 Å². The van der Waals surface area contributed by atoms with Crippen LogP contribution in [-0.4, -0.2) is 29.6 Å². The van der Waals surface area contributed by atoms with Crippen molar-refractivity contribution in [1.82, 2.24) is 9.97 Å². The smallest absolute Gasteiger partial charge is 0.341 e. The number of carbonyl (C=O) groups is 1. The van der Waals surface area contributed by atoms with Crippen LogP contribution in [0, 0.1) is 5.82 Å². The molecule has 0 amide bonds. The van der Waals surface area contributed by atoms with E-state index in [0.29, 0.717) is 28.7 Å². The van der Waals surface area contributed by atoms with Crippen LogP contribution in [0.4, 0.5) is 10.1 Å². The summed E-state index contributed by atoms with van der Waals surface area (Å²) in [4.78, 5) is 22.7. The first kappa shape index (κ1) is 16.3. The largest absolute Gasteiger partial charge is 0.462 e. The summed E-state index contributed by atoms with van der Waals surface area (Å²) in [5, 5.41) is 3.35. The molecular formula is C17H16FN3O2S. The van der Waals surface area contributed by atoms with Gasteiger partial charge in [-0.25, -0.2) is 14.2 Å². The van der Waals surface area contributed by atoms with E-state index in [2.05, 4.69) is 9.97 Å². The summed E-state index contributed by atoms with van der Waals surface area (Å²) in [6.07, 6.45) is 3.20. The molecule has 0 N–H and O–H groups in total. The van der Waals surface area contributed by atoms with E-state index in [1.807, 2.05) is 17.3 Å². The van der Waals surface area contributed by atoms with E-state index in [0.717, 1.165) is 5.01 Å². The van der Waals surface area contributed by atoms with Gasteiger partial charge in [0.25, 0.3) is 0 Å². The van der Waals surface area contributed by atoms with Gasteiger partial charge in [0.2, 0.25) is 0 Å². The van der Waals surface area contributed by atoms with Gasteiger partial charge in [0, 0.05) is 30.2 Å². The number of carbonyl (C=O) groups excluding carboxylic acids is 1. The minimum absolute atomic E-state index is 0.260. The van der Waals surface area contributed by atoms with Crippen molar-refractivity contribution in [2.45, 2.75) is 13.5 Å². The SMILES string of the molecule is CCOC(=O)c1cnc2ccc(F)cc2c1N(C)Cc1nccs1. The maximum absolute atomic E-state index is 13.8. The van der Waals surface area contributed by atoms with Gasteiger partial charge in [-0.1, -0.05) is 0 Å². The summed E-state index contributed by atoms with van der Waals surface area (Å²) >= 11 is 1.52. The third-order valence-electron chi connectivity index (χ3n) is 3.53. The average molecular weight is 345 g/mol. The monoisotopic (exact) mass is 345 g/mol. The Balaban J connectivity index is 2.14. The van der Waals surface area contributed by atoms with Crippen molar-refractivity contribution < 1.29 is 13.9 Å². The normalized spacial score (nSPS) is 10.8. The zero-order valence-electron chi connectivity index (χ0n) is 13.3. The molecule has 5 nitrogen and oxygen atoms in total. The van der Waals surface area contributed by atoms with Gasteiger partial charge in [-0.15, -0.1) is 11.3 Å². The van der Waals surface area contributed by atoms with E-state index in [1.165, 1.54) is 29.7 Å². The van der Waals surface area contributed by atoms with Crippen LogP contribution in [-0.2, 0) is 11.3 Å². The quantitative estimate of drug-likeness (QED) is 0.661.